The normalized spacial score (nSPS) is 15.7. The second-order valence-electron chi connectivity index (χ2n) is 7.46. The molecule has 1 aliphatic heterocycles. The van der Waals surface area contributed by atoms with Gasteiger partial charge in [-0.1, -0.05) is 6.07 Å². The Labute approximate surface area is 183 Å². The molecular formula is C22H22FN3O6. The summed E-state index contributed by atoms with van der Waals surface area (Å²) in [5.41, 5.74) is 0.744. The molecule has 32 heavy (non-hydrogen) atoms. The zero-order valence-electron chi connectivity index (χ0n) is 17.4. The van der Waals surface area contributed by atoms with Crippen LogP contribution < -0.4 is 5.32 Å². The molecule has 10 heteroatoms. The first-order chi connectivity index (χ1) is 15.3. The fourth-order valence-corrected chi connectivity index (χ4v) is 3.53. The predicted molar refractivity (Wildman–Crippen MR) is 112 cm³/mol. The minimum absolute atomic E-state index is 0.132. The van der Waals surface area contributed by atoms with Gasteiger partial charge < -0.3 is 15.0 Å². The number of anilines is 1. The van der Waals surface area contributed by atoms with Crippen molar-refractivity contribution < 1.29 is 28.4 Å². The van der Waals surface area contributed by atoms with Crippen molar-refractivity contribution in [3.63, 3.8) is 0 Å². The highest BCUT2D eigenvalue weighted by Gasteiger charge is 2.30. The Bertz CT molecular complexity index is 1040. The quantitative estimate of drug-likeness (QED) is 0.416. The number of amides is 2. The molecule has 168 valence electrons. The lowest BCUT2D eigenvalue weighted by Crippen LogP contribution is -2.43. The summed E-state index contributed by atoms with van der Waals surface area (Å²) in [6.45, 7) is 1.56. The first kappa shape index (κ1) is 22.9. The van der Waals surface area contributed by atoms with E-state index in [1.54, 1.807) is 0 Å². The van der Waals surface area contributed by atoms with Gasteiger partial charge in [0.05, 0.1) is 22.1 Å². The third-order valence-electron chi connectivity index (χ3n) is 5.25. The molecule has 2 aromatic rings. The van der Waals surface area contributed by atoms with Crippen LogP contribution in [-0.2, 0) is 14.3 Å². The number of benzene rings is 2. The van der Waals surface area contributed by atoms with E-state index in [1.165, 1.54) is 54.3 Å². The summed E-state index contributed by atoms with van der Waals surface area (Å²) in [5, 5.41) is 13.5. The molecule has 2 aromatic carbocycles. The van der Waals surface area contributed by atoms with E-state index in [-0.39, 0.29) is 23.8 Å². The summed E-state index contributed by atoms with van der Waals surface area (Å²) in [6, 6.07) is 9.46. The number of piperidine rings is 1. The van der Waals surface area contributed by atoms with Crippen molar-refractivity contribution in [2.45, 2.75) is 19.8 Å². The average molecular weight is 443 g/mol. The van der Waals surface area contributed by atoms with Crippen molar-refractivity contribution in [3.8, 4) is 0 Å². The summed E-state index contributed by atoms with van der Waals surface area (Å²) < 4.78 is 18.2. The van der Waals surface area contributed by atoms with E-state index in [9.17, 15) is 28.9 Å². The number of ether oxygens (including phenoxy) is 1. The first-order valence-electron chi connectivity index (χ1n) is 10.0. The van der Waals surface area contributed by atoms with E-state index in [2.05, 4.69) is 5.32 Å². The maximum absolute atomic E-state index is 13.1. The number of likely N-dealkylation sites (tertiary alicyclic amines) is 1. The summed E-state index contributed by atoms with van der Waals surface area (Å²) >= 11 is 0. The molecule has 1 atom stereocenters. The van der Waals surface area contributed by atoms with Crippen molar-refractivity contribution in [3.05, 3.63) is 69.5 Å². The Morgan fingerprint density at radius 2 is 1.94 bits per heavy atom. The Morgan fingerprint density at radius 3 is 2.62 bits per heavy atom. The van der Waals surface area contributed by atoms with Crippen molar-refractivity contribution in [1.29, 1.82) is 0 Å². The molecule has 9 nitrogen and oxygen atoms in total. The zero-order chi connectivity index (χ0) is 23.3. The standard InChI is InChI=1S/C22H22FN3O6/c1-14-18(5-2-6-19(14)26(30)31)24-20(27)13-32-22(29)16-4-3-11-25(12-16)21(28)15-7-9-17(23)10-8-15/h2,5-10,16H,3-4,11-13H2,1H3,(H,24,27). The summed E-state index contributed by atoms with van der Waals surface area (Å²) in [7, 11) is 0. The first-order valence-corrected chi connectivity index (χ1v) is 10.0. The van der Waals surface area contributed by atoms with Crippen LogP contribution in [0, 0.1) is 28.8 Å². The summed E-state index contributed by atoms with van der Waals surface area (Å²) in [5.74, 6) is -2.56. The molecule has 0 saturated carbocycles. The van der Waals surface area contributed by atoms with Crippen LogP contribution in [0.2, 0.25) is 0 Å². The van der Waals surface area contributed by atoms with Gasteiger partial charge in [-0.05, 0) is 50.1 Å². The third kappa shape index (κ3) is 5.45. The van der Waals surface area contributed by atoms with Crippen molar-refractivity contribution in [1.82, 2.24) is 4.90 Å². The second-order valence-corrected chi connectivity index (χ2v) is 7.46. The molecule has 0 radical (unpaired) electrons. The maximum Gasteiger partial charge on any atom is 0.311 e. The van der Waals surface area contributed by atoms with Gasteiger partial charge in [0.1, 0.15) is 5.82 Å². The molecule has 1 N–H and O–H groups in total. The van der Waals surface area contributed by atoms with E-state index < -0.39 is 35.1 Å². The number of nitrogens with one attached hydrogen (secondary N) is 1. The predicted octanol–water partition coefficient (Wildman–Crippen LogP) is 3.08. The van der Waals surface area contributed by atoms with Crippen LogP contribution in [0.25, 0.3) is 0 Å². The van der Waals surface area contributed by atoms with Gasteiger partial charge in [-0.2, -0.15) is 0 Å². The van der Waals surface area contributed by atoms with Gasteiger partial charge in [0.25, 0.3) is 17.5 Å². The van der Waals surface area contributed by atoms with Crippen LogP contribution in [0.15, 0.2) is 42.5 Å². The lowest BCUT2D eigenvalue weighted by Gasteiger charge is -2.31. The van der Waals surface area contributed by atoms with Crippen molar-refractivity contribution in [2.75, 3.05) is 25.0 Å². The molecular weight excluding hydrogens is 421 g/mol. The second kappa shape index (κ2) is 9.99. The lowest BCUT2D eigenvalue weighted by atomic mass is 9.97. The summed E-state index contributed by atoms with van der Waals surface area (Å²) in [4.78, 5) is 49.2. The zero-order valence-corrected chi connectivity index (χ0v) is 17.4. The van der Waals surface area contributed by atoms with Crippen LogP contribution in [0.4, 0.5) is 15.8 Å². The topological polar surface area (TPSA) is 119 Å². The highest BCUT2D eigenvalue weighted by Crippen LogP contribution is 2.25. The molecule has 2 amide bonds. The average Bonchev–Trinajstić information content (AvgIpc) is 2.78. The van der Waals surface area contributed by atoms with Crippen molar-refractivity contribution in [2.24, 2.45) is 5.92 Å². The van der Waals surface area contributed by atoms with Crippen LogP contribution >= 0.6 is 0 Å². The number of hydrogen-bond acceptors (Lipinski definition) is 6. The van der Waals surface area contributed by atoms with E-state index in [0.29, 0.717) is 30.5 Å². The molecule has 0 bridgehead atoms. The van der Waals surface area contributed by atoms with Gasteiger partial charge in [0, 0.05) is 24.7 Å². The fraction of sp³-hybridized carbons (Fsp3) is 0.318. The highest BCUT2D eigenvalue weighted by atomic mass is 19.1. The van der Waals surface area contributed by atoms with Gasteiger partial charge in [0.15, 0.2) is 6.61 Å². The Hall–Kier alpha value is -3.82. The molecule has 0 spiro atoms. The largest absolute Gasteiger partial charge is 0.455 e. The number of nitro benzene ring substituents is 1. The number of rotatable bonds is 6. The molecule has 1 saturated heterocycles. The van der Waals surface area contributed by atoms with E-state index >= 15 is 0 Å². The lowest BCUT2D eigenvalue weighted by molar-refractivity contribution is -0.385. The third-order valence-corrected chi connectivity index (χ3v) is 5.25. The number of nitrogens with zero attached hydrogens (tertiary/aromatic N) is 2. The van der Waals surface area contributed by atoms with Gasteiger partial charge in [-0.15, -0.1) is 0 Å². The molecule has 0 aromatic heterocycles. The maximum atomic E-state index is 13.1. The van der Waals surface area contributed by atoms with Crippen LogP contribution in [-0.4, -0.2) is 47.3 Å². The number of carbonyl (C=O) groups is 3. The molecule has 0 aliphatic carbocycles. The number of esters is 1. The number of nitro groups is 1. The highest BCUT2D eigenvalue weighted by molar-refractivity contribution is 5.95. The Kier molecular flexibility index (Phi) is 7.14. The van der Waals surface area contributed by atoms with Crippen LogP contribution in [0.1, 0.15) is 28.8 Å². The Morgan fingerprint density at radius 1 is 1.22 bits per heavy atom. The minimum atomic E-state index is -0.628. The molecule has 1 aliphatic rings. The molecule has 1 heterocycles. The van der Waals surface area contributed by atoms with Crippen LogP contribution in [0.5, 0.6) is 0 Å². The van der Waals surface area contributed by atoms with Gasteiger partial charge >= 0.3 is 5.97 Å². The van der Waals surface area contributed by atoms with Gasteiger partial charge in [-0.25, -0.2) is 4.39 Å². The number of halogens is 1. The number of carbonyl (C=O) groups excluding carboxylic acids is 3. The SMILES string of the molecule is Cc1c(NC(=O)COC(=O)C2CCCN(C(=O)c3ccc(F)cc3)C2)cccc1[N+](=O)[O-]. The smallest absolute Gasteiger partial charge is 0.311 e. The minimum Gasteiger partial charge on any atom is -0.455 e. The van der Waals surface area contributed by atoms with Gasteiger partial charge in [-0.3, -0.25) is 24.5 Å². The van der Waals surface area contributed by atoms with Gasteiger partial charge in [0.2, 0.25) is 0 Å². The Balaban J connectivity index is 1.54. The van der Waals surface area contributed by atoms with E-state index in [0.717, 1.165) is 0 Å². The molecule has 1 unspecified atom stereocenters. The van der Waals surface area contributed by atoms with E-state index in [4.69, 9.17) is 4.74 Å². The molecule has 1 fully saturated rings. The van der Waals surface area contributed by atoms with Crippen LogP contribution in [0.3, 0.4) is 0 Å². The number of hydrogen-bond donors (Lipinski definition) is 1. The summed E-state index contributed by atoms with van der Waals surface area (Å²) in [6.07, 6.45) is 1.10. The molecule has 3 rings (SSSR count). The fourth-order valence-electron chi connectivity index (χ4n) is 3.53. The van der Waals surface area contributed by atoms with Crippen molar-refractivity contribution >= 4 is 29.2 Å². The van der Waals surface area contributed by atoms with E-state index in [1.807, 2.05) is 0 Å². The monoisotopic (exact) mass is 443 g/mol.